The molecule has 0 heterocycles. The monoisotopic (exact) mass is 433 g/mol. The third-order valence-corrected chi connectivity index (χ3v) is 8.51. The Labute approximate surface area is 167 Å². The summed E-state index contributed by atoms with van der Waals surface area (Å²) in [7, 11) is -4.15. The Morgan fingerprint density at radius 3 is 2.21 bits per heavy atom. The van der Waals surface area contributed by atoms with Gasteiger partial charge in [-0.15, -0.1) is 4.72 Å². The van der Waals surface area contributed by atoms with E-state index in [4.69, 9.17) is 0 Å². The predicted molar refractivity (Wildman–Crippen MR) is 105 cm³/mol. The Bertz CT molecular complexity index is 906. The standard InChI is InChI=1S/C17H24FN3O5S2/c1-15(2,3)27(24)20-17(6,11-28(25,26)16(4,5)10-19)13-9-12(21(22)23)7-8-14(13)18/h7-9,20H,11H2,1-6H3/t17-,27-/m1/s1. The van der Waals surface area contributed by atoms with E-state index in [1.807, 2.05) is 0 Å². The predicted octanol–water partition coefficient (Wildman–Crippen LogP) is 2.72. The molecule has 0 aliphatic heterocycles. The van der Waals surface area contributed by atoms with Crippen LogP contribution in [-0.4, -0.2) is 33.1 Å². The zero-order chi connectivity index (χ0) is 22.1. The molecule has 2 atom stereocenters. The molecule has 0 aliphatic rings. The van der Waals surface area contributed by atoms with Crippen LogP contribution in [-0.2, 0) is 26.7 Å². The maximum Gasteiger partial charge on any atom is 0.269 e. The number of nitrogens with zero attached hydrogens (tertiary/aromatic N) is 2. The lowest BCUT2D eigenvalue weighted by Crippen LogP contribution is -2.55. The van der Waals surface area contributed by atoms with E-state index in [2.05, 4.69) is 4.72 Å². The van der Waals surface area contributed by atoms with Gasteiger partial charge < -0.3 is 4.55 Å². The van der Waals surface area contributed by atoms with Gasteiger partial charge in [0.2, 0.25) is 0 Å². The molecular formula is C17H24FN3O5S2. The summed E-state index contributed by atoms with van der Waals surface area (Å²) in [6.45, 7) is 8.60. The summed E-state index contributed by atoms with van der Waals surface area (Å²) in [5, 5.41) is 20.3. The van der Waals surface area contributed by atoms with Gasteiger partial charge in [-0.25, -0.2) is 12.8 Å². The minimum Gasteiger partial charge on any atom is -0.598 e. The van der Waals surface area contributed by atoms with E-state index < -0.39 is 58.4 Å². The summed E-state index contributed by atoms with van der Waals surface area (Å²) in [5.41, 5.74) is -2.55. The van der Waals surface area contributed by atoms with Crippen LogP contribution in [0.15, 0.2) is 18.2 Å². The van der Waals surface area contributed by atoms with Crippen LogP contribution >= 0.6 is 0 Å². The zero-order valence-electron chi connectivity index (χ0n) is 16.6. The van der Waals surface area contributed by atoms with Crippen LogP contribution in [0.5, 0.6) is 0 Å². The normalized spacial score (nSPS) is 16.1. The average molecular weight is 434 g/mol. The number of benzene rings is 1. The number of sulfone groups is 1. The number of nitriles is 1. The lowest BCUT2D eigenvalue weighted by Gasteiger charge is -2.36. The third kappa shape index (κ3) is 5.20. The third-order valence-electron chi connectivity index (χ3n) is 4.15. The van der Waals surface area contributed by atoms with Crippen LogP contribution in [0.4, 0.5) is 10.1 Å². The Hall–Kier alpha value is -1.74. The number of nitro groups is 1. The lowest BCUT2D eigenvalue weighted by molar-refractivity contribution is -0.385. The Morgan fingerprint density at radius 2 is 1.79 bits per heavy atom. The van der Waals surface area contributed by atoms with E-state index in [-0.39, 0.29) is 5.56 Å². The lowest BCUT2D eigenvalue weighted by atomic mass is 9.94. The van der Waals surface area contributed by atoms with Gasteiger partial charge in [0.05, 0.1) is 16.7 Å². The molecule has 11 heteroatoms. The van der Waals surface area contributed by atoms with Gasteiger partial charge in [-0.2, -0.15) is 5.26 Å². The minimum absolute atomic E-state index is 0.323. The van der Waals surface area contributed by atoms with Crippen LogP contribution in [0.25, 0.3) is 0 Å². The van der Waals surface area contributed by atoms with Gasteiger partial charge in [-0.3, -0.25) is 10.1 Å². The van der Waals surface area contributed by atoms with Crippen molar-refractivity contribution in [3.63, 3.8) is 0 Å². The van der Waals surface area contributed by atoms with E-state index in [0.29, 0.717) is 0 Å². The van der Waals surface area contributed by atoms with Crippen molar-refractivity contribution in [1.82, 2.24) is 4.72 Å². The van der Waals surface area contributed by atoms with Crippen LogP contribution < -0.4 is 4.72 Å². The second-order valence-electron chi connectivity index (χ2n) is 8.12. The molecule has 0 unspecified atom stereocenters. The number of nitro benzene ring substituents is 1. The number of nitrogens with one attached hydrogen (secondary N) is 1. The van der Waals surface area contributed by atoms with Crippen molar-refractivity contribution in [3.8, 4) is 6.07 Å². The fourth-order valence-corrected chi connectivity index (χ4v) is 4.68. The highest BCUT2D eigenvalue weighted by atomic mass is 32.2. The summed E-state index contributed by atoms with van der Waals surface area (Å²) >= 11 is -1.83. The van der Waals surface area contributed by atoms with Crippen molar-refractivity contribution >= 4 is 26.9 Å². The minimum atomic E-state index is -4.15. The molecule has 1 rings (SSSR count). The smallest absolute Gasteiger partial charge is 0.269 e. The number of hydrogen-bond donors (Lipinski definition) is 1. The van der Waals surface area contributed by atoms with Gasteiger partial charge in [0.15, 0.2) is 14.6 Å². The van der Waals surface area contributed by atoms with E-state index in [1.54, 1.807) is 26.8 Å². The maximum atomic E-state index is 14.6. The van der Waals surface area contributed by atoms with Gasteiger partial charge in [0.1, 0.15) is 16.1 Å². The molecule has 0 saturated carbocycles. The molecule has 0 amide bonds. The molecular weight excluding hydrogens is 409 g/mol. The zero-order valence-corrected chi connectivity index (χ0v) is 18.2. The maximum absolute atomic E-state index is 14.6. The number of halogens is 1. The number of rotatable bonds is 7. The van der Waals surface area contributed by atoms with E-state index in [1.165, 1.54) is 20.8 Å². The molecule has 0 radical (unpaired) electrons. The fraction of sp³-hybridized carbons (Fsp3) is 0.588. The van der Waals surface area contributed by atoms with Crippen LogP contribution in [0, 0.1) is 27.3 Å². The van der Waals surface area contributed by atoms with Gasteiger partial charge in [0.25, 0.3) is 5.69 Å². The molecule has 156 valence electrons. The van der Waals surface area contributed by atoms with Crippen molar-refractivity contribution in [2.24, 2.45) is 0 Å². The van der Waals surface area contributed by atoms with Crippen LogP contribution in [0.1, 0.15) is 47.1 Å². The Balaban J connectivity index is 3.65. The van der Waals surface area contributed by atoms with Gasteiger partial charge in [-0.05, 0) is 47.6 Å². The first-order chi connectivity index (χ1) is 12.5. The van der Waals surface area contributed by atoms with Crippen LogP contribution in [0.2, 0.25) is 0 Å². The first kappa shape index (κ1) is 24.3. The summed E-state index contributed by atoms with van der Waals surface area (Å²) in [6, 6.07) is 4.41. The second kappa shape index (κ2) is 7.94. The molecule has 0 saturated heterocycles. The summed E-state index contributed by atoms with van der Waals surface area (Å²) in [5.74, 6) is -1.68. The molecule has 0 spiro atoms. The average Bonchev–Trinajstić information content (AvgIpc) is 2.53. The van der Waals surface area contributed by atoms with Crippen molar-refractivity contribution < 1.29 is 22.3 Å². The van der Waals surface area contributed by atoms with Gasteiger partial charge in [0, 0.05) is 29.1 Å². The summed E-state index contributed by atoms with van der Waals surface area (Å²) in [6.07, 6.45) is 0. The van der Waals surface area contributed by atoms with E-state index in [0.717, 1.165) is 18.2 Å². The largest absolute Gasteiger partial charge is 0.598 e. The molecule has 1 N–H and O–H groups in total. The molecule has 0 fully saturated rings. The van der Waals surface area contributed by atoms with Gasteiger partial charge >= 0.3 is 0 Å². The topological polar surface area (TPSA) is 136 Å². The van der Waals surface area contributed by atoms with Gasteiger partial charge in [-0.1, -0.05) is 0 Å². The van der Waals surface area contributed by atoms with E-state index >= 15 is 0 Å². The van der Waals surface area contributed by atoms with Crippen LogP contribution in [0.3, 0.4) is 0 Å². The molecule has 28 heavy (non-hydrogen) atoms. The molecule has 0 aliphatic carbocycles. The quantitative estimate of drug-likeness (QED) is 0.396. The molecule has 0 bridgehead atoms. The highest BCUT2D eigenvalue weighted by molar-refractivity contribution is 7.93. The first-order valence-corrected chi connectivity index (χ1v) is 11.0. The van der Waals surface area contributed by atoms with Crippen molar-refractivity contribution in [3.05, 3.63) is 39.7 Å². The summed E-state index contributed by atoms with van der Waals surface area (Å²) < 4.78 is 52.9. The highest BCUT2D eigenvalue weighted by Crippen LogP contribution is 2.33. The van der Waals surface area contributed by atoms with E-state index in [9.17, 15) is 32.7 Å². The van der Waals surface area contributed by atoms with Crippen molar-refractivity contribution in [2.75, 3.05) is 5.75 Å². The highest BCUT2D eigenvalue weighted by Gasteiger charge is 2.46. The van der Waals surface area contributed by atoms with Crippen molar-refractivity contribution in [1.29, 1.82) is 5.26 Å². The Kier molecular flexibility index (Phi) is 6.89. The Morgan fingerprint density at radius 1 is 1.25 bits per heavy atom. The molecule has 1 aromatic carbocycles. The second-order valence-corrected chi connectivity index (χ2v) is 12.6. The molecule has 8 nitrogen and oxygen atoms in total. The number of hydrogen-bond acceptors (Lipinski definition) is 7. The van der Waals surface area contributed by atoms with Crippen molar-refractivity contribution in [2.45, 2.75) is 56.6 Å². The molecule has 0 aromatic heterocycles. The summed E-state index contributed by atoms with van der Waals surface area (Å²) in [4.78, 5) is 10.4. The molecule has 1 aromatic rings. The number of non-ortho nitro benzene ring substituents is 1. The SMILES string of the molecule is CC(C)(C)[S@@+]([O-])N[C@](C)(CS(=O)(=O)C(C)(C)C#N)c1cc([N+](=O)[O-])ccc1F. The first-order valence-electron chi connectivity index (χ1n) is 8.24. The fourth-order valence-electron chi connectivity index (χ4n) is 2.20.